The van der Waals surface area contributed by atoms with Crippen LogP contribution in [0.1, 0.15) is 121 Å². The molecule has 690 valence electrons. The van der Waals surface area contributed by atoms with Crippen molar-refractivity contribution in [3.63, 3.8) is 0 Å². The van der Waals surface area contributed by atoms with Crippen LogP contribution in [0.15, 0.2) is 545 Å². The Kier molecular flexibility index (Phi) is 8.17. The molecule has 0 fully saturated rings. The van der Waals surface area contributed by atoms with E-state index in [9.17, 15) is 43.9 Å². The molecule has 0 radical (unpaired) electrons. The van der Waals surface area contributed by atoms with E-state index in [4.69, 9.17) is 90.0 Å². The molecule has 0 N–H and O–H groups in total. The van der Waals surface area contributed by atoms with Crippen LogP contribution in [0.5, 0.6) is 0 Å². The van der Waals surface area contributed by atoms with Crippen molar-refractivity contribution < 1.29 is 134 Å². The molecule has 32 aromatic rings. The number of fused-ring (bicyclic) bond motifs is 28. The molecule has 3 nitrogen and oxygen atoms in total. The number of rotatable bonds is 9. The van der Waals surface area contributed by atoms with E-state index in [1.807, 2.05) is 0 Å². The first-order valence-electron chi connectivity index (χ1n) is 88.2. The highest BCUT2D eigenvalue weighted by Gasteiger charge is 2.28. The second-order valence-electron chi connectivity index (χ2n) is 32.8. The van der Waals surface area contributed by atoms with Crippen LogP contribution in [0.2, 0.25) is 0 Å². The zero-order chi connectivity index (χ0) is 174. The van der Waals surface area contributed by atoms with Crippen molar-refractivity contribution in [3.8, 4) is 100 Å². The fourth-order valence-corrected chi connectivity index (χ4v) is 18.8. The first-order valence-corrected chi connectivity index (χ1v) is 44.2. The zero-order valence-electron chi connectivity index (χ0n) is 162. The summed E-state index contributed by atoms with van der Waals surface area (Å²) in [6, 6.07) is -83.6. The van der Waals surface area contributed by atoms with Crippen LogP contribution < -0.4 is 0 Å². The van der Waals surface area contributed by atoms with E-state index in [1.54, 1.807) is 0 Å². The van der Waals surface area contributed by atoms with Crippen molar-refractivity contribution in [2.45, 2.75) is 0 Å². The predicted octanol–water partition coefficient (Wildman–Crippen LogP) is 41.9. The monoisotopic (exact) mass is 1980 g/mol. The third-order valence-corrected chi connectivity index (χ3v) is 25.0. The smallest absolute Gasteiger partial charge is 0.143 e. The van der Waals surface area contributed by atoms with Gasteiger partial charge in [0.1, 0.15) is 33.5 Å². The molecule has 3 heteroatoms. The summed E-state index contributed by atoms with van der Waals surface area (Å²) in [7, 11) is 0. The summed E-state index contributed by atoms with van der Waals surface area (Å²) in [5.74, 6) is 0. The molecular weight excluding hydrogens is 1800 g/mol. The molecule has 0 unspecified atom stereocenters. The summed E-state index contributed by atoms with van der Waals surface area (Å²) >= 11 is 0. The van der Waals surface area contributed by atoms with Crippen LogP contribution in [0.4, 0.5) is 0 Å². The van der Waals surface area contributed by atoms with Crippen LogP contribution in [-0.4, -0.2) is 0 Å². The average molecular weight is 1980 g/mol. The zero-order valence-corrected chi connectivity index (χ0v) is 74.2. The second-order valence-corrected chi connectivity index (χ2v) is 32.8. The maximum Gasteiger partial charge on any atom is 0.143 e. The summed E-state index contributed by atoms with van der Waals surface area (Å²) in [6.45, 7) is 0. The van der Waals surface area contributed by atoms with Gasteiger partial charge in [0, 0.05) is 48.5 Å². The summed E-state index contributed by atoms with van der Waals surface area (Å²) in [5.41, 5.74) is -18.5. The number of benzene rings is 29. The Morgan fingerprint density at radius 3 is 0.779 bits per heavy atom. The normalized spacial score (nSPS) is 20.2. The average Bonchev–Trinajstić information content (AvgIpc) is 1.63. The Morgan fingerprint density at radius 1 is 0.114 bits per heavy atom. The van der Waals surface area contributed by atoms with Gasteiger partial charge in [-0.15, -0.1) is 0 Å². The van der Waals surface area contributed by atoms with Gasteiger partial charge in [0.05, 0.1) is 121 Å². The molecule has 3 heterocycles. The van der Waals surface area contributed by atoms with Gasteiger partial charge in [-0.2, -0.15) is 0 Å². The van der Waals surface area contributed by atoms with Crippen molar-refractivity contribution in [1.29, 1.82) is 0 Å². The lowest BCUT2D eigenvalue weighted by atomic mass is 9.84. The van der Waals surface area contributed by atoms with Crippen LogP contribution in [0, 0.1) is 0 Å². The molecule has 3 aromatic heterocycles. The van der Waals surface area contributed by atoms with Crippen molar-refractivity contribution in [2.75, 3.05) is 0 Å². The number of hydrogen-bond donors (Lipinski definition) is 0. The molecule has 0 aliphatic heterocycles. The summed E-state index contributed by atoms with van der Waals surface area (Å²) in [4.78, 5) is 0. The maximum atomic E-state index is 10.1. The molecule has 0 aliphatic carbocycles. The van der Waals surface area contributed by atoms with Gasteiger partial charge in [-0.05, 0) is 301 Å². The summed E-state index contributed by atoms with van der Waals surface area (Å²) in [5, 5.41) is -22.0. The van der Waals surface area contributed by atoms with Gasteiger partial charge in [-0.25, -0.2) is 0 Å². The Labute approximate surface area is 981 Å². The van der Waals surface area contributed by atoms with Crippen LogP contribution in [0.3, 0.4) is 0 Å². The highest BCUT2D eigenvalue weighted by atomic mass is 16.3. The lowest BCUT2D eigenvalue weighted by Crippen LogP contribution is -1.92. The first-order chi connectivity index (χ1) is 111. The fraction of sp³-hybridized carbons (Fsp3) is 0. The lowest BCUT2D eigenvalue weighted by molar-refractivity contribution is 0.672. The SMILES string of the molecule is [2H]c1c([2H])c(-c2c([2H])c([2H])c3c([2H])c([2H])c([2H])c([2H])c3c2[2H])c([2H])c(-c2c3c([2H])c([2H])c([2H])c([2H])c3c(-c3c([2H])c([2H])c([2H])c4oc5c6c([2H])c([2H])c([2H])c([2H])c6c([2H])c([2H])c5c34)c3c([2H])c([2H])c([2H])c([2H])c23)c1[2H].[2H]c1c([2H])c(-c2c3c([2H])c([2H])c([2H])c([2H])c3c(-c3c([2H])c([2H])c([2H])c4oc5c6c([2H])c([2H])c([2H])c([2H])c6c([2H])c([2H])c5c34)c3c([2H])c([2H])c([2H])c([2H])c23)c([2H])c(-c2c([2H])c([2H])c([2H])c3c([2H])c([2H])c4c([2H])c([2H])c([2H])c([2H])c4c23)c1[2H].[2H]c1c([2H])c(-c2c3c([2H])c([2H])c([2H])c([2H])c3c(-c3c([2H])c([2H])c([2H])c4oc5c6c([2H])c([2H])c([2H])c([2H])c6c([2H])c([2H])c5c34)c3c([2H])c([2H])c([2H])c([2H])c23)c([2H])c(-c2c([2H])c3c([2H])c([2H])c([2H])c([2H])c3c3c([2H])c([2H])c([2H])c([2H])c23)c1[2H]. The second kappa shape index (κ2) is 34.6. The molecule has 0 saturated heterocycles. The van der Waals surface area contributed by atoms with E-state index in [1.165, 1.54) is 0 Å². The van der Waals surface area contributed by atoms with Gasteiger partial charge in [-0.1, -0.05) is 465 Å². The van der Waals surface area contributed by atoms with Gasteiger partial charge in [0.2, 0.25) is 0 Å². The van der Waals surface area contributed by atoms with Gasteiger partial charge >= 0.3 is 0 Å². The third-order valence-electron chi connectivity index (χ3n) is 25.0. The Balaban J connectivity index is 0.000000145. The van der Waals surface area contributed by atoms with E-state index in [2.05, 4.69) is 0 Å². The highest BCUT2D eigenvalue weighted by molar-refractivity contribution is 6.32. The number of hydrogen-bond acceptors (Lipinski definition) is 3. The van der Waals surface area contributed by atoms with E-state index < -0.39 is 849 Å². The van der Waals surface area contributed by atoms with Gasteiger partial charge < -0.3 is 13.3 Å². The first kappa shape index (κ1) is 35.1. The van der Waals surface area contributed by atoms with Gasteiger partial charge in [0.15, 0.2) is 0 Å². The minimum Gasteiger partial charge on any atom is -0.455 e. The van der Waals surface area contributed by atoms with E-state index in [-0.39, 0.29) is 0 Å². The maximum absolute atomic E-state index is 10.1. The quantitative estimate of drug-likeness (QED) is 0.107. The summed E-state index contributed by atoms with van der Waals surface area (Å²) < 4.78 is 818. The summed E-state index contributed by atoms with van der Waals surface area (Å²) in [6.07, 6.45) is 0. The molecule has 0 aliphatic rings. The van der Waals surface area contributed by atoms with E-state index in [0.717, 1.165) is 0 Å². The lowest BCUT2D eigenvalue weighted by Gasteiger charge is -2.19. The molecule has 0 amide bonds. The van der Waals surface area contributed by atoms with E-state index in [0.29, 0.717) is 0 Å². The van der Waals surface area contributed by atoms with E-state index >= 15 is 0 Å². The Hall–Kier alpha value is -19.6. The molecule has 0 saturated carbocycles. The molecule has 29 aromatic carbocycles. The van der Waals surface area contributed by atoms with Gasteiger partial charge in [0.25, 0.3) is 0 Å². The largest absolute Gasteiger partial charge is 0.455 e. The number of furan rings is 3. The molecule has 32 rings (SSSR count). The van der Waals surface area contributed by atoms with Crippen molar-refractivity contribution in [1.82, 2.24) is 0 Å². The predicted molar refractivity (Wildman–Crippen MR) is 635 cm³/mol. The third kappa shape index (κ3) is 13.7. The Morgan fingerprint density at radius 2 is 0.369 bits per heavy atom. The molecule has 0 bridgehead atoms. The van der Waals surface area contributed by atoms with Crippen LogP contribution in [-0.2, 0) is 0 Å². The molecule has 149 heavy (non-hydrogen) atoms. The minimum absolute atomic E-state index is 0.465. The van der Waals surface area contributed by atoms with Crippen molar-refractivity contribution in [2.24, 2.45) is 0 Å². The highest BCUT2D eigenvalue weighted by Crippen LogP contribution is 2.55. The molecular formula is C146H88O3. The van der Waals surface area contributed by atoms with Crippen LogP contribution >= 0.6 is 0 Å². The minimum atomic E-state index is -1.15. The van der Waals surface area contributed by atoms with Crippen molar-refractivity contribution >= 4 is 217 Å². The topological polar surface area (TPSA) is 39.4 Å². The van der Waals surface area contributed by atoms with Gasteiger partial charge in [-0.3, -0.25) is 0 Å². The standard InChI is InChI=1S/2C50H30O.C46H28O/c1-4-18-36-31(13-1)27-28-44-49-43(25-12-26-46(49)51-50(36)44)48-41-23-9-7-21-39(41)47(40-22-8-10-24-42(40)48)34-16-11-15-32(29-34)45-30-33-14-2-3-17-35(33)37-19-5-6-20-38(37)45;1-3-17-36-31(12-1)26-27-33-14-10-23-37(46(33)36)34-15-9-16-35(30-34)47-39-19-5-7-21-41(39)48(42-22-8-6-20-40(42)47)43-24-11-25-45-49(43)44-29-28-32-13-2-4-18-38(32)50(44)51-45;1-2-13-31-27-33(24-23-29(31)11-1)32-14-9-15-34(28-32)43-36-17-5-7-19-38(36)44(39-20-8-6-18-37(39)43)40-21-10-22-42-45(40)41-26-25-30-12-3-4-16-35(30)46(41)47-42/h2*1-30H;1-28H/i2*1D,2D,3D,4D,5D,6D,7D,8D,9D,10D,11D,12D,13D,14D,15D,16D,17D,18D,19D,20D,21D,22D,23D,24D,25D,26D,27D,28D,29D,30D;1D,2D,3D,4D,5D,6D,7D,8D,9D,10D,11D,12D,13D,14D,15D,16D,17D,18D,19D,20D,21D,22D,23D,24D,25D,26D,27D,28D. The van der Waals surface area contributed by atoms with Crippen molar-refractivity contribution in [3.05, 3.63) is 532 Å². The molecule has 0 spiro atoms. The Bertz CT molecular complexity index is 16400. The fourth-order valence-electron chi connectivity index (χ4n) is 18.8. The molecule has 0 atom stereocenters. The van der Waals surface area contributed by atoms with Crippen LogP contribution in [0.25, 0.3) is 317 Å².